The molecule has 0 aliphatic heterocycles. The molecule has 0 aromatic heterocycles. The topological polar surface area (TPSA) is 77.8 Å². The number of carboxylic acid groups (broad SMARTS) is 1. The molecule has 11 heavy (non-hydrogen) atoms. The molecule has 0 bridgehead atoms. The Balaban J connectivity index is 0. The molecule has 0 saturated carbocycles. The summed E-state index contributed by atoms with van der Waals surface area (Å²) in [6.45, 7) is 0.575. The van der Waals surface area contributed by atoms with E-state index in [1.54, 1.807) is 6.92 Å². The van der Waals surface area contributed by atoms with Gasteiger partial charge in [0.15, 0.2) is 0 Å². The van der Waals surface area contributed by atoms with E-state index in [2.05, 4.69) is 0 Å². The number of aliphatic hydroxyl groups excluding tert-OH is 2. The summed E-state index contributed by atoms with van der Waals surface area (Å²) in [5.41, 5.74) is -1.35. The van der Waals surface area contributed by atoms with Crippen LogP contribution in [0.3, 0.4) is 0 Å². The number of hydrogen-bond acceptors (Lipinski definition) is 3. The maximum absolute atomic E-state index is 10.4. The monoisotopic (exact) mass is 188 g/mol. The second-order valence-electron chi connectivity index (χ2n) is 2.26. The Kier molecular flexibility index (Phi) is 8.64. The Hall–Kier alpha value is 1.03. The van der Waals surface area contributed by atoms with Crippen LogP contribution in [0.2, 0.25) is 0 Å². The quantitative estimate of drug-likeness (QED) is 0.484. The van der Waals surface area contributed by atoms with Gasteiger partial charge in [0.05, 0.1) is 13.2 Å². The number of aliphatic hydroxyl groups is 2. The van der Waals surface area contributed by atoms with Gasteiger partial charge in [-0.1, -0.05) is 6.92 Å². The molecule has 0 spiro atoms. The third kappa shape index (κ3) is 3.50. The number of carbonyl (C=O) groups is 1. The minimum absolute atomic E-state index is 0. The summed E-state index contributed by atoms with van der Waals surface area (Å²) in [7, 11) is 0. The SMILES string of the molecule is CCC(CO)(CO)C(=O)O.[KH]. The fraction of sp³-hybridized carbons (Fsp3) is 0.833. The molecular formula is C6H13KO4. The predicted octanol–water partition coefficient (Wildman–Crippen LogP) is -1.20. The van der Waals surface area contributed by atoms with Gasteiger partial charge in [-0.25, -0.2) is 0 Å². The molecule has 3 N–H and O–H groups in total. The first-order valence-corrected chi connectivity index (χ1v) is 3.08. The predicted molar refractivity (Wildman–Crippen MR) is 41.7 cm³/mol. The van der Waals surface area contributed by atoms with Gasteiger partial charge in [0.2, 0.25) is 0 Å². The van der Waals surface area contributed by atoms with Gasteiger partial charge in [-0.3, -0.25) is 4.79 Å². The molecule has 0 amide bonds. The zero-order valence-electron chi connectivity index (χ0n) is 5.87. The van der Waals surface area contributed by atoms with E-state index in [0.717, 1.165) is 0 Å². The van der Waals surface area contributed by atoms with Gasteiger partial charge in [0.1, 0.15) is 5.41 Å². The number of rotatable bonds is 4. The first-order valence-electron chi connectivity index (χ1n) is 3.08. The molecule has 0 saturated heterocycles. The van der Waals surface area contributed by atoms with E-state index in [0.29, 0.717) is 0 Å². The first kappa shape index (κ1) is 14.5. The second kappa shape index (κ2) is 6.53. The van der Waals surface area contributed by atoms with Gasteiger partial charge in [-0.15, -0.1) is 0 Å². The van der Waals surface area contributed by atoms with Crippen LogP contribution in [-0.4, -0.2) is 85.9 Å². The van der Waals surface area contributed by atoms with E-state index in [9.17, 15) is 4.79 Å². The van der Waals surface area contributed by atoms with E-state index in [-0.39, 0.29) is 57.8 Å². The Morgan fingerprint density at radius 3 is 1.73 bits per heavy atom. The maximum atomic E-state index is 10.4. The van der Waals surface area contributed by atoms with Crippen LogP contribution in [0.25, 0.3) is 0 Å². The summed E-state index contributed by atoms with van der Waals surface area (Å²) in [5.74, 6) is -1.15. The van der Waals surface area contributed by atoms with Gasteiger partial charge in [0, 0.05) is 0 Å². The number of hydrogen-bond donors (Lipinski definition) is 3. The van der Waals surface area contributed by atoms with Crippen molar-refractivity contribution in [3.05, 3.63) is 0 Å². The van der Waals surface area contributed by atoms with E-state index in [1.165, 1.54) is 0 Å². The van der Waals surface area contributed by atoms with Crippen molar-refractivity contribution in [2.24, 2.45) is 5.41 Å². The molecule has 0 aromatic rings. The van der Waals surface area contributed by atoms with Crippen LogP contribution in [0.1, 0.15) is 13.3 Å². The number of aliphatic carboxylic acids is 1. The number of carboxylic acids is 1. The van der Waals surface area contributed by atoms with Gasteiger partial charge < -0.3 is 15.3 Å². The van der Waals surface area contributed by atoms with Crippen molar-refractivity contribution in [1.29, 1.82) is 0 Å². The fourth-order valence-electron chi connectivity index (χ4n) is 0.560. The molecule has 62 valence electrons. The molecule has 0 fully saturated rings. The van der Waals surface area contributed by atoms with Crippen LogP contribution >= 0.6 is 0 Å². The summed E-state index contributed by atoms with van der Waals surface area (Å²) in [4.78, 5) is 10.4. The standard InChI is InChI=1S/C6H12O4.K.H/c1-2-6(3-7,4-8)5(9)10;;/h7-8H,2-4H2,1H3,(H,9,10);;. The Bertz CT molecular complexity index is 113. The third-order valence-corrected chi connectivity index (χ3v) is 1.74. The Morgan fingerprint density at radius 1 is 1.36 bits per heavy atom. The van der Waals surface area contributed by atoms with Crippen LogP contribution < -0.4 is 0 Å². The third-order valence-electron chi connectivity index (χ3n) is 1.74. The molecule has 0 atom stereocenters. The van der Waals surface area contributed by atoms with Crippen molar-refractivity contribution in [3.63, 3.8) is 0 Å². The van der Waals surface area contributed by atoms with Crippen molar-refractivity contribution in [2.75, 3.05) is 13.2 Å². The van der Waals surface area contributed by atoms with Gasteiger partial charge >= 0.3 is 57.4 Å². The fourth-order valence-corrected chi connectivity index (χ4v) is 0.560. The van der Waals surface area contributed by atoms with Crippen LogP contribution in [0, 0.1) is 5.41 Å². The molecule has 0 aliphatic carbocycles. The molecule has 0 unspecified atom stereocenters. The van der Waals surface area contributed by atoms with Crippen LogP contribution in [0.4, 0.5) is 0 Å². The molecular weight excluding hydrogens is 175 g/mol. The summed E-state index contributed by atoms with van der Waals surface area (Å²) < 4.78 is 0. The normalized spacial score (nSPS) is 10.5. The molecule has 0 radical (unpaired) electrons. The molecule has 4 nitrogen and oxygen atoms in total. The van der Waals surface area contributed by atoms with Crippen molar-refractivity contribution >= 4 is 57.4 Å². The van der Waals surface area contributed by atoms with Gasteiger partial charge in [-0.2, -0.15) is 0 Å². The van der Waals surface area contributed by atoms with Crippen molar-refractivity contribution in [3.8, 4) is 0 Å². The second-order valence-corrected chi connectivity index (χ2v) is 2.26. The van der Waals surface area contributed by atoms with E-state index >= 15 is 0 Å². The van der Waals surface area contributed by atoms with Crippen LogP contribution in [0.5, 0.6) is 0 Å². The zero-order chi connectivity index (χ0) is 8.20. The van der Waals surface area contributed by atoms with Crippen molar-refractivity contribution in [1.82, 2.24) is 0 Å². The minimum atomic E-state index is -1.35. The molecule has 5 heteroatoms. The van der Waals surface area contributed by atoms with Gasteiger partial charge in [-0.05, 0) is 6.42 Å². The van der Waals surface area contributed by atoms with E-state index < -0.39 is 24.6 Å². The average molecular weight is 188 g/mol. The zero-order valence-corrected chi connectivity index (χ0v) is 5.87. The first-order chi connectivity index (χ1) is 4.63. The molecule has 0 aliphatic rings. The Labute approximate surface area is 108 Å². The summed E-state index contributed by atoms with van der Waals surface area (Å²) in [6.07, 6.45) is 0.231. The van der Waals surface area contributed by atoms with E-state index in [4.69, 9.17) is 15.3 Å². The Morgan fingerprint density at radius 2 is 1.73 bits per heavy atom. The molecule has 0 aromatic carbocycles. The van der Waals surface area contributed by atoms with Crippen LogP contribution in [-0.2, 0) is 4.79 Å². The van der Waals surface area contributed by atoms with Gasteiger partial charge in [0.25, 0.3) is 0 Å². The average Bonchev–Trinajstić information content (AvgIpc) is 1.92. The summed E-state index contributed by atoms with van der Waals surface area (Å²) >= 11 is 0. The van der Waals surface area contributed by atoms with E-state index in [1.807, 2.05) is 0 Å². The summed E-state index contributed by atoms with van der Waals surface area (Å²) in [5, 5.41) is 25.7. The van der Waals surface area contributed by atoms with Crippen molar-refractivity contribution < 1.29 is 20.1 Å². The molecule has 0 heterocycles. The summed E-state index contributed by atoms with van der Waals surface area (Å²) in [6, 6.07) is 0. The molecule has 0 rings (SSSR count). The van der Waals surface area contributed by atoms with Crippen LogP contribution in [0.15, 0.2) is 0 Å². The van der Waals surface area contributed by atoms with Crippen molar-refractivity contribution in [2.45, 2.75) is 13.3 Å².